The van der Waals surface area contributed by atoms with Crippen LogP contribution in [0.25, 0.3) is 11.3 Å². The fraction of sp³-hybridized carbons (Fsp3) is 0.370. The van der Waals surface area contributed by atoms with Gasteiger partial charge >= 0.3 is 11.9 Å². The number of ether oxygens (including phenoxy) is 1. The normalized spacial score (nSPS) is 22.8. The van der Waals surface area contributed by atoms with Crippen molar-refractivity contribution >= 4 is 40.8 Å². The Balaban J connectivity index is 1.24. The van der Waals surface area contributed by atoms with Gasteiger partial charge in [0.05, 0.1) is 21.3 Å². The number of hydrogen-bond acceptors (Lipinski definition) is 6. The van der Waals surface area contributed by atoms with E-state index in [9.17, 15) is 14.0 Å². The van der Waals surface area contributed by atoms with Crippen molar-refractivity contribution in [3.8, 4) is 11.3 Å². The predicted octanol–water partition coefficient (Wildman–Crippen LogP) is 6.72. The predicted molar refractivity (Wildman–Crippen MR) is 135 cm³/mol. The largest absolute Gasteiger partial charge is 0.478 e. The van der Waals surface area contributed by atoms with Gasteiger partial charge in [-0.2, -0.15) is 0 Å². The quantitative estimate of drug-likeness (QED) is 0.344. The van der Waals surface area contributed by atoms with Crippen molar-refractivity contribution in [1.29, 1.82) is 0 Å². The first-order valence-corrected chi connectivity index (χ1v) is 13.0. The maximum Gasteiger partial charge on any atom is 0.344 e. The minimum Gasteiger partial charge on any atom is -0.478 e. The van der Waals surface area contributed by atoms with Crippen LogP contribution in [0.1, 0.15) is 70.9 Å². The number of benzene rings is 2. The Bertz CT molecular complexity index is 1370. The van der Waals surface area contributed by atoms with Crippen molar-refractivity contribution in [2.24, 2.45) is 0 Å². The molecule has 7 nitrogen and oxygen atoms in total. The Morgan fingerprint density at radius 2 is 1.73 bits per heavy atom. The highest BCUT2D eigenvalue weighted by Gasteiger charge is 2.44. The molecular weight excluding hydrogens is 522 g/mol. The number of fused-ring (bicyclic) bond motifs is 2. The van der Waals surface area contributed by atoms with E-state index < -0.39 is 17.8 Å². The molecule has 192 valence electrons. The molecule has 3 heterocycles. The minimum atomic E-state index is -1.17. The highest BCUT2D eigenvalue weighted by Crippen LogP contribution is 2.47. The zero-order chi connectivity index (χ0) is 25.8. The van der Waals surface area contributed by atoms with Crippen LogP contribution in [-0.4, -0.2) is 40.4 Å². The van der Waals surface area contributed by atoms with Crippen molar-refractivity contribution in [3.63, 3.8) is 0 Å². The number of aromatic nitrogens is 1. The van der Waals surface area contributed by atoms with Gasteiger partial charge in [-0.25, -0.2) is 14.0 Å². The Hall–Kier alpha value is -3.10. The van der Waals surface area contributed by atoms with Gasteiger partial charge in [0.2, 0.25) is 0 Å². The first kappa shape index (κ1) is 24.2. The van der Waals surface area contributed by atoms with E-state index in [1.54, 1.807) is 18.2 Å². The standard InChI is InChI=1S/C27H23Cl2FN2O5/c28-18-2-1-3-19(29)22(18)24-23(25(37-31-24)13-4-5-13)27(35)36-17-11-15-7-8-16(12-17)32(15)21-9-6-14(26(33)34)10-20(21)30/h1-3,6,9-10,13,15-17H,4-5,7-8,11-12H2,(H,33,34). The van der Waals surface area contributed by atoms with E-state index in [1.807, 2.05) is 4.90 Å². The van der Waals surface area contributed by atoms with Crippen LogP contribution in [0, 0.1) is 5.82 Å². The van der Waals surface area contributed by atoms with Crippen LogP contribution in [-0.2, 0) is 4.74 Å². The number of anilines is 1. The van der Waals surface area contributed by atoms with E-state index in [4.69, 9.17) is 37.6 Å². The summed E-state index contributed by atoms with van der Waals surface area (Å²) in [5.74, 6) is -1.65. The third kappa shape index (κ3) is 4.36. The molecule has 3 aliphatic rings. The van der Waals surface area contributed by atoms with Gasteiger partial charge in [0, 0.05) is 36.4 Å². The summed E-state index contributed by atoms with van der Waals surface area (Å²) in [6.45, 7) is 0. The smallest absolute Gasteiger partial charge is 0.344 e. The summed E-state index contributed by atoms with van der Waals surface area (Å²) >= 11 is 12.8. The molecule has 1 aliphatic carbocycles. The lowest BCUT2D eigenvalue weighted by Crippen LogP contribution is -2.46. The summed E-state index contributed by atoms with van der Waals surface area (Å²) in [5, 5.41) is 14.0. The van der Waals surface area contributed by atoms with Crippen LogP contribution in [0.15, 0.2) is 40.9 Å². The van der Waals surface area contributed by atoms with Gasteiger partial charge in [0.1, 0.15) is 23.2 Å². The number of piperidine rings is 1. The van der Waals surface area contributed by atoms with Gasteiger partial charge in [-0.15, -0.1) is 0 Å². The Kier molecular flexibility index (Phi) is 6.12. The molecule has 2 aromatic carbocycles. The number of carbonyl (C=O) groups is 2. The summed E-state index contributed by atoms with van der Waals surface area (Å²) < 4.78 is 26.5. The van der Waals surface area contributed by atoms with E-state index in [0.717, 1.165) is 31.7 Å². The molecule has 1 aromatic heterocycles. The zero-order valence-electron chi connectivity index (χ0n) is 19.6. The number of carboxylic acid groups (broad SMARTS) is 1. The lowest BCUT2D eigenvalue weighted by atomic mass is 9.98. The molecule has 2 unspecified atom stereocenters. The summed E-state index contributed by atoms with van der Waals surface area (Å²) in [6, 6.07) is 9.02. The van der Waals surface area contributed by atoms with Crippen molar-refractivity contribution in [3.05, 3.63) is 69.1 Å². The van der Waals surface area contributed by atoms with Crippen LogP contribution in [0.2, 0.25) is 10.0 Å². The molecule has 1 N–H and O–H groups in total. The number of nitrogens with zero attached hydrogens (tertiary/aromatic N) is 2. The fourth-order valence-electron chi connectivity index (χ4n) is 5.70. The molecular formula is C27H23Cl2FN2O5. The molecule has 2 aliphatic heterocycles. The SMILES string of the molecule is O=C(O)c1ccc(N2C3CCC2CC(OC(=O)c2c(-c4c(Cl)cccc4Cl)noc2C2CC2)C3)c(F)c1. The van der Waals surface area contributed by atoms with Gasteiger partial charge in [-0.3, -0.25) is 0 Å². The highest BCUT2D eigenvalue weighted by atomic mass is 35.5. The molecule has 0 radical (unpaired) electrons. The molecule has 2 atom stereocenters. The average molecular weight is 545 g/mol. The number of rotatable bonds is 6. The molecule has 2 saturated heterocycles. The number of esters is 1. The van der Waals surface area contributed by atoms with Crippen LogP contribution in [0.4, 0.5) is 10.1 Å². The van der Waals surface area contributed by atoms with Crippen LogP contribution < -0.4 is 4.90 Å². The third-order valence-electron chi connectivity index (χ3n) is 7.51. The summed E-state index contributed by atoms with van der Waals surface area (Å²) in [6.07, 6.45) is 4.18. The van der Waals surface area contributed by atoms with Crippen molar-refractivity contribution < 1.29 is 28.3 Å². The number of aromatic carboxylic acids is 1. The Morgan fingerprint density at radius 1 is 1.05 bits per heavy atom. The number of halogens is 3. The van der Waals surface area contributed by atoms with E-state index in [1.165, 1.54) is 12.1 Å². The second kappa shape index (κ2) is 9.33. The summed E-state index contributed by atoms with van der Waals surface area (Å²) in [5.41, 5.74) is 1.27. The van der Waals surface area contributed by atoms with Gasteiger partial charge in [0.25, 0.3) is 0 Å². The van der Waals surface area contributed by atoms with Crippen molar-refractivity contribution in [2.75, 3.05) is 4.90 Å². The fourth-order valence-corrected chi connectivity index (χ4v) is 6.27. The summed E-state index contributed by atoms with van der Waals surface area (Å²) in [4.78, 5) is 26.7. The molecule has 0 spiro atoms. The highest BCUT2D eigenvalue weighted by molar-refractivity contribution is 6.39. The van der Waals surface area contributed by atoms with E-state index >= 15 is 0 Å². The second-order valence-electron chi connectivity index (χ2n) is 9.90. The molecule has 2 bridgehead atoms. The Morgan fingerprint density at radius 3 is 2.32 bits per heavy atom. The van der Waals surface area contributed by atoms with E-state index in [2.05, 4.69) is 5.16 Å². The molecule has 0 amide bonds. The third-order valence-corrected chi connectivity index (χ3v) is 8.14. The molecule has 1 saturated carbocycles. The lowest BCUT2D eigenvalue weighted by Gasteiger charge is -2.40. The van der Waals surface area contributed by atoms with Crippen molar-refractivity contribution in [2.45, 2.75) is 62.6 Å². The van der Waals surface area contributed by atoms with Crippen LogP contribution in [0.5, 0.6) is 0 Å². The molecule has 37 heavy (non-hydrogen) atoms. The van der Waals surface area contributed by atoms with Gasteiger partial charge in [0.15, 0.2) is 5.76 Å². The number of carboxylic acids is 1. The topological polar surface area (TPSA) is 92.9 Å². The molecule has 6 rings (SSSR count). The van der Waals surface area contributed by atoms with Crippen LogP contribution >= 0.6 is 23.2 Å². The number of carbonyl (C=O) groups excluding carboxylic acids is 1. The maximum atomic E-state index is 14.8. The monoisotopic (exact) mass is 544 g/mol. The minimum absolute atomic E-state index is 0.0235. The lowest BCUT2D eigenvalue weighted by molar-refractivity contribution is 0.0202. The van der Waals surface area contributed by atoms with E-state index in [-0.39, 0.29) is 40.9 Å². The van der Waals surface area contributed by atoms with Gasteiger partial charge in [-0.05, 0) is 56.0 Å². The van der Waals surface area contributed by atoms with Crippen LogP contribution in [0.3, 0.4) is 0 Å². The average Bonchev–Trinajstić information content (AvgIpc) is 3.55. The molecule has 3 fully saturated rings. The summed E-state index contributed by atoms with van der Waals surface area (Å²) in [7, 11) is 0. The first-order chi connectivity index (χ1) is 17.8. The maximum absolute atomic E-state index is 14.8. The van der Waals surface area contributed by atoms with Gasteiger partial charge < -0.3 is 19.3 Å². The first-order valence-electron chi connectivity index (χ1n) is 12.3. The molecule has 10 heteroatoms. The Labute approximate surface area is 222 Å². The van der Waals surface area contributed by atoms with Gasteiger partial charge in [-0.1, -0.05) is 34.4 Å². The van der Waals surface area contributed by atoms with E-state index in [0.29, 0.717) is 39.9 Å². The second-order valence-corrected chi connectivity index (χ2v) is 10.7. The van der Waals surface area contributed by atoms with Crippen molar-refractivity contribution in [1.82, 2.24) is 5.16 Å². The zero-order valence-corrected chi connectivity index (χ0v) is 21.1. The molecule has 3 aromatic rings. The number of hydrogen-bond donors (Lipinski definition) is 1.